The molecule has 156 valence electrons. The Labute approximate surface area is 165 Å². The summed E-state index contributed by atoms with van der Waals surface area (Å²) in [4.78, 5) is 26.0. The lowest BCUT2D eigenvalue weighted by atomic mass is 10.0. The first kappa shape index (κ1) is 19.6. The maximum atomic E-state index is 15.2. The van der Waals surface area contributed by atoms with Gasteiger partial charge in [-0.1, -0.05) is 13.3 Å². The Kier molecular flexibility index (Phi) is 4.72. The summed E-state index contributed by atoms with van der Waals surface area (Å²) in [7, 11) is 1.35. The predicted molar refractivity (Wildman–Crippen MR) is 104 cm³/mol. The number of hydrogen-bond donors (Lipinski definition) is 2. The summed E-state index contributed by atoms with van der Waals surface area (Å²) in [5, 5.41) is 9.23. The van der Waals surface area contributed by atoms with Crippen molar-refractivity contribution in [3.05, 3.63) is 33.9 Å². The zero-order valence-electron chi connectivity index (χ0n) is 16.2. The number of aromatic nitrogens is 1. The lowest BCUT2D eigenvalue weighted by molar-refractivity contribution is 0.0694. The fraction of sp³-hybridized carbons (Fsp3) is 0.500. The van der Waals surface area contributed by atoms with Crippen molar-refractivity contribution in [1.82, 2.24) is 4.57 Å². The van der Waals surface area contributed by atoms with Gasteiger partial charge in [-0.25, -0.2) is 13.6 Å². The van der Waals surface area contributed by atoms with Crippen LogP contribution in [0.4, 0.5) is 14.5 Å². The molecule has 2 aliphatic rings. The van der Waals surface area contributed by atoms with Gasteiger partial charge < -0.3 is 25.0 Å². The summed E-state index contributed by atoms with van der Waals surface area (Å²) in [6, 6.07) is 0.279. The Balaban J connectivity index is 2.01. The number of methoxy groups -OCH3 is 1. The van der Waals surface area contributed by atoms with Crippen LogP contribution in [-0.4, -0.2) is 48.1 Å². The van der Waals surface area contributed by atoms with Gasteiger partial charge >= 0.3 is 5.97 Å². The number of benzene rings is 1. The van der Waals surface area contributed by atoms with Crippen LogP contribution in [0, 0.1) is 11.7 Å². The minimum absolute atomic E-state index is 0.0945. The zero-order chi connectivity index (χ0) is 21.0. The number of nitrogens with two attached hydrogens (primary N) is 1. The fourth-order valence-corrected chi connectivity index (χ4v) is 4.30. The van der Waals surface area contributed by atoms with E-state index in [0.29, 0.717) is 13.1 Å². The molecule has 1 aromatic carbocycles. The molecule has 0 spiro atoms. The number of hydrogen-bond acceptors (Lipinski definition) is 5. The van der Waals surface area contributed by atoms with Crippen LogP contribution >= 0.6 is 0 Å². The SMILES string of the molecule is CCC1CN(c2c(F)cc3c(=O)c(C(=O)O)cn(C4CC4F)c3c2OC)CC1N. The number of carboxylic acids is 1. The van der Waals surface area contributed by atoms with Crippen LogP contribution in [0.2, 0.25) is 0 Å². The van der Waals surface area contributed by atoms with Gasteiger partial charge in [-0.05, 0) is 12.0 Å². The topological polar surface area (TPSA) is 97.8 Å². The molecule has 4 atom stereocenters. The Morgan fingerprint density at radius 3 is 2.62 bits per heavy atom. The first-order chi connectivity index (χ1) is 13.8. The molecule has 1 aliphatic heterocycles. The minimum Gasteiger partial charge on any atom is -0.492 e. The monoisotopic (exact) mass is 407 g/mol. The number of ether oxygens (including phenoxy) is 1. The molecule has 4 rings (SSSR count). The third kappa shape index (κ3) is 3.04. The Hall–Kier alpha value is -2.68. The lowest BCUT2D eigenvalue weighted by Crippen LogP contribution is -2.29. The van der Waals surface area contributed by atoms with Gasteiger partial charge in [-0.2, -0.15) is 0 Å². The molecule has 0 amide bonds. The number of halogens is 2. The predicted octanol–water partition coefficient (Wildman–Crippen LogP) is 2.30. The molecule has 1 aliphatic carbocycles. The summed E-state index contributed by atoms with van der Waals surface area (Å²) in [6.45, 7) is 2.97. The summed E-state index contributed by atoms with van der Waals surface area (Å²) in [5.41, 5.74) is 5.20. The van der Waals surface area contributed by atoms with E-state index in [1.807, 2.05) is 6.92 Å². The first-order valence-corrected chi connectivity index (χ1v) is 9.61. The number of pyridine rings is 1. The van der Waals surface area contributed by atoms with Crippen molar-refractivity contribution in [1.29, 1.82) is 0 Å². The maximum Gasteiger partial charge on any atom is 0.341 e. The Bertz CT molecular complexity index is 1050. The molecule has 4 unspecified atom stereocenters. The minimum atomic E-state index is -1.44. The van der Waals surface area contributed by atoms with E-state index in [4.69, 9.17) is 10.5 Å². The number of rotatable bonds is 5. The van der Waals surface area contributed by atoms with E-state index >= 15 is 4.39 Å². The van der Waals surface area contributed by atoms with E-state index < -0.39 is 35.0 Å². The standard InChI is InChI=1S/C20H23F2N3O4/c1-3-9-6-24(8-14(9)23)17-13(22)4-10-16(19(17)29-2)25(15-5-12(15)21)7-11(18(10)26)20(27)28/h4,7,9,12,14-15H,3,5-6,8,23H2,1-2H3,(H,27,28). The van der Waals surface area contributed by atoms with Gasteiger partial charge in [0.25, 0.3) is 0 Å². The van der Waals surface area contributed by atoms with Crippen LogP contribution < -0.4 is 20.8 Å². The molecule has 1 aromatic heterocycles. The van der Waals surface area contributed by atoms with E-state index in [-0.39, 0.29) is 40.7 Å². The second-order valence-electron chi connectivity index (χ2n) is 7.78. The Morgan fingerprint density at radius 1 is 1.41 bits per heavy atom. The number of carboxylic acid groups (broad SMARTS) is 1. The van der Waals surface area contributed by atoms with E-state index in [2.05, 4.69) is 0 Å². The number of nitrogens with zero attached hydrogens (tertiary/aromatic N) is 2. The van der Waals surface area contributed by atoms with Crippen molar-refractivity contribution in [2.45, 2.75) is 38.0 Å². The van der Waals surface area contributed by atoms with Crippen LogP contribution in [0.15, 0.2) is 17.1 Å². The number of alkyl halides is 1. The molecule has 0 radical (unpaired) electrons. The van der Waals surface area contributed by atoms with E-state index in [1.165, 1.54) is 11.7 Å². The van der Waals surface area contributed by atoms with Gasteiger partial charge in [-0.3, -0.25) is 4.79 Å². The van der Waals surface area contributed by atoms with Gasteiger partial charge in [0.05, 0.1) is 24.1 Å². The average Bonchev–Trinajstić information content (AvgIpc) is 3.28. The molecule has 3 N–H and O–H groups in total. The number of carbonyl (C=O) groups is 1. The highest BCUT2D eigenvalue weighted by molar-refractivity contribution is 5.97. The maximum absolute atomic E-state index is 15.2. The Morgan fingerprint density at radius 2 is 2.10 bits per heavy atom. The molecule has 1 saturated heterocycles. The number of anilines is 1. The van der Waals surface area contributed by atoms with Crippen molar-refractivity contribution >= 4 is 22.6 Å². The number of aromatic carboxylic acids is 1. The fourth-order valence-electron chi connectivity index (χ4n) is 4.30. The van der Waals surface area contributed by atoms with Crippen LogP contribution in [-0.2, 0) is 0 Å². The van der Waals surface area contributed by atoms with Crippen molar-refractivity contribution in [2.75, 3.05) is 25.1 Å². The van der Waals surface area contributed by atoms with Crippen LogP contribution in [0.25, 0.3) is 10.9 Å². The smallest absolute Gasteiger partial charge is 0.341 e. The van der Waals surface area contributed by atoms with E-state index in [1.54, 1.807) is 4.90 Å². The van der Waals surface area contributed by atoms with Crippen molar-refractivity contribution in [2.24, 2.45) is 11.7 Å². The molecule has 1 saturated carbocycles. The third-order valence-electron chi connectivity index (χ3n) is 6.00. The average molecular weight is 407 g/mol. The highest BCUT2D eigenvalue weighted by Crippen LogP contribution is 2.46. The zero-order valence-corrected chi connectivity index (χ0v) is 16.2. The van der Waals surface area contributed by atoms with Crippen LogP contribution in [0.5, 0.6) is 5.75 Å². The van der Waals surface area contributed by atoms with E-state index in [0.717, 1.165) is 18.7 Å². The normalized spacial score (nSPS) is 26.2. The molecule has 0 bridgehead atoms. The van der Waals surface area contributed by atoms with Crippen LogP contribution in [0.1, 0.15) is 36.2 Å². The molecule has 7 nitrogen and oxygen atoms in total. The second kappa shape index (κ2) is 6.98. The van der Waals surface area contributed by atoms with Crippen molar-refractivity contribution in [3.8, 4) is 5.75 Å². The van der Waals surface area contributed by atoms with Gasteiger partial charge in [0.15, 0.2) is 11.6 Å². The molecular weight excluding hydrogens is 384 g/mol. The van der Waals surface area contributed by atoms with E-state index in [9.17, 15) is 19.1 Å². The first-order valence-electron chi connectivity index (χ1n) is 9.61. The third-order valence-corrected chi connectivity index (χ3v) is 6.00. The molecule has 9 heteroatoms. The summed E-state index contributed by atoms with van der Waals surface area (Å²) in [5.74, 6) is -1.86. The van der Waals surface area contributed by atoms with Gasteiger partial charge in [0, 0.05) is 31.7 Å². The highest BCUT2D eigenvalue weighted by Gasteiger charge is 2.41. The summed E-state index contributed by atoms with van der Waals surface area (Å²) >= 11 is 0. The quantitative estimate of drug-likeness (QED) is 0.789. The number of fused-ring (bicyclic) bond motifs is 1. The van der Waals surface area contributed by atoms with Gasteiger partial charge in [-0.15, -0.1) is 0 Å². The molecule has 2 fully saturated rings. The molecule has 2 aromatic rings. The highest BCUT2D eigenvalue weighted by atomic mass is 19.1. The molecular formula is C20H23F2N3O4. The largest absolute Gasteiger partial charge is 0.492 e. The molecule has 29 heavy (non-hydrogen) atoms. The lowest BCUT2D eigenvalue weighted by Gasteiger charge is -2.24. The van der Waals surface area contributed by atoms with Crippen molar-refractivity contribution in [3.63, 3.8) is 0 Å². The molecule has 2 heterocycles. The summed E-state index contributed by atoms with van der Waals surface area (Å²) < 4.78 is 36.0. The van der Waals surface area contributed by atoms with Crippen molar-refractivity contribution < 1.29 is 23.4 Å². The van der Waals surface area contributed by atoms with Gasteiger partial charge in [0.2, 0.25) is 5.43 Å². The second-order valence-corrected chi connectivity index (χ2v) is 7.78. The summed E-state index contributed by atoms with van der Waals surface area (Å²) in [6.07, 6.45) is 1.00. The van der Waals surface area contributed by atoms with Gasteiger partial charge in [0.1, 0.15) is 17.4 Å². The van der Waals surface area contributed by atoms with Crippen LogP contribution in [0.3, 0.4) is 0 Å².